The minimum Gasteiger partial charge on any atom is -0.353 e. The first kappa shape index (κ1) is 21.1. The largest absolute Gasteiger partial charge is 0.353 e. The molecule has 0 aromatic carbocycles. The zero-order valence-electron chi connectivity index (χ0n) is 18.2. The molecule has 1 saturated carbocycles. The van der Waals surface area contributed by atoms with E-state index in [-0.39, 0.29) is 11.5 Å². The average molecular weight is 429 g/mol. The number of aromatic nitrogens is 3. The van der Waals surface area contributed by atoms with Crippen molar-refractivity contribution in [2.24, 2.45) is 5.92 Å². The minimum atomic E-state index is -0.0738. The first-order chi connectivity index (χ1) is 14.5. The summed E-state index contributed by atoms with van der Waals surface area (Å²) < 4.78 is 4.70. The van der Waals surface area contributed by atoms with Crippen molar-refractivity contribution in [1.29, 1.82) is 0 Å². The minimum absolute atomic E-state index is 0.0738. The van der Waals surface area contributed by atoms with Gasteiger partial charge in [-0.3, -0.25) is 14.0 Å². The van der Waals surface area contributed by atoms with Gasteiger partial charge in [-0.1, -0.05) is 20.8 Å². The third kappa shape index (κ3) is 4.17. The van der Waals surface area contributed by atoms with Crippen molar-refractivity contribution >= 4 is 33.0 Å². The van der Waals surface area contributed by atoms with E-state index < -0.39 is 0 Å². The second-order valence-electron chi connectivity index (χ2n) is 8.61. The van der Waals surface area contributed by atoms with E-state index >= 15 is 0 Å². The van der Waals surface area contributed by atoms with Crippen LogP contribution in [0.25, 0.3) is 15.7 Å². The van der Waals surface area contributed by atoms with Crippen LogP contribution in [0.15, 0.2) is 16.9 Å². The average Bonchev–Trinajstić information content (AvgIpc) is 3.29. The Morgan fingerprint density at radius 1 is 1.17 bits per heavy atom. The van der Waals surface area contributed by atoms with E-state index in [4.69, 9.17) is 0 Å². The molecular formula is C23H32N4O2S. The zero-order valence-corrected chi connectivity index (χ0v) is 19.1. The third-order valence-corrected chi connectivity index (χ3v) is 7.52. The maximum atomic E-state index is 13.0. The lowest BCUT2D eigenvalue weighted by atomic mass is 9.87. The van der Waals surface area contributed by atoms with Crippen molar-refractivity contribution in [2.75, 3.05) is 0 Å². The Bertz CT molecular complexity index is 1100. The van der Waals surface area contributed by atoms with Gasteiger partial charge in [0, 0.05) is 30.3 Å². The van der Waals surface area contributed by atoms with Crippen LogP contribution in [0.5, 0.6) is 0 Å². The van der Waals surface area contributed by atoms with Gasteiger partial charge in [0.25, 0.3) is 5.56 Å². The molecule has 0 unspecified atom stereocenters. The summed E-state index contributed by atoms with van der Waals surface area (Å²) in [5.74, 6) is 1.76. The Balaban J connectivity index is 1.46. The van der Waals surface area contributed by atoms with Crippen LogP contribution < -0.4 is 10.9 Å². The van der Waals surface area contributed by atoms with Gasteiger partial charge in [-0.05, 0) is 56.6 Å². The van der Waals surface area contributed by atoms with Crippen molar-refractivity contribution in [2.45, 2.75) is 84.7 Å². The van der Waals surface area contributed by atoms with Gasteiger partial charge in [-0.25, -0.2) is 4.68 Å². The highest BCUT2D eigenvalue weighted by molar-refractivity contribution is 7.19. The molecule has 3 aromatic heterocycles. The molecule has 0 atom stereocenters. The predicted molar refractivity (Wildman–Crippen MR) is 122 cm³/mol. The lowest BCUT2D eigenvalue weighted by molar-refractivity contribution is -0.122. The van der Waals surface area contributed by atoms with Crippen LogP contribution in [0.3, 0.4) is 0 Å². The molecule has 3 heterocycles. The van der Waals surface area contributed by atoms with Crippen molar-refractivity contribution in [3.63, 3.8) is 0 Å². The zero-order chi connectivity index (χ0) is 21.3. The van der Waals surface area contributed by atoms with E-state index in [2.05, 4.69) is 37.3 Å². The van der Waals surface area contributed by atoms with E-state index in [0.29, 0.717) is 30.9 Å². The normalized spacial score (nSPS) is 19.6. The molecule has 0 aliphatic heterocycles. The summed E-state index contributed by atoms with van der Waals surface area (Å²) in [6.45, 7) is 6.96. The van der Waals surface area contributed by atoms with Crippen LogP contribution >= 0.6 is 11.3 Å². The molecule has 4 rings (SSSR count). The number of hydrogen-bond donors (Lipinski definition) is 1. The lowest BCUT2D eigenvalue weighted by Gasteiger charge is -2.26. The van der Waals surface area contributed by atoms with Gasteiger partial charge >= 0.3 is 0 Å². The standard InChI is InChI=1S/C23H32N4O2S/c1-4-17-13-18-20(30-17)14-19-23(29)26(25-21(5-2)27(18)19)12-6-7-22(28)24-16-10-8-15(3)9-11-16/h13-16H,4-12H2,1-3H3,(H,24,28). The van der Waals surface area contributed by atoms with E-state index in [1.54, 1.807) is 16.0 Å². The van der Waals surface area contributed by atoms with Crippen molar-refractivity contribution in [3.05, 3.63) is 33.2 Å². The Morgan fingerprint density at radius 2 is 1.93 bits per heavy atom. The van der Waals surface area contributed by atoms with E-state index in [0.717, 1.165) is 47.6 Å². The maximum Gasteiger partial charge on any atom is 0.291 e. The first-order valence-electron chi connectivity index (χ1n) is 11.3. The Hall–Kier alpha value is -2.15. The van der Waals surface area contributed by atoms with Crippen LogP contribution in [-0.2, 0) is 24.2 Å². The molecule has 7 heteroatoms. The summed E-state index contributed by atoms with van der Waals surface area (Å²) >= 11 is 1.75. The van der Waals surface area contributed by atoms with Crippen LogP contribution in [0.2, 0.25) is 0 Å². The number of carbonyl (C=O) groups excluding carboxylic acids is 1. The number of aryl methyl sites for hydroxylation is 3. The number of hydrogen-bond acceptors (Lipinski definition) is 4. The number of thiophene rings is 1. The van der Waals surface area contributed by atoms with Gasteiger partial charge in [0.1, 0.15) is 11.3 Å². The van der Waals surface area contributed by atoms with Gasteiger partial charge in [0.05, 0.1) is 10.2 Å². The Labute approximate surface area is 181 Å². The van der Waals surface area contributed by atoms with Crippen LogP contribution in [0, 0.1) is 5.92 Å². The highest BCUT2D eigenvalue weighted by Crippen LogP contribution is 2.29. The summed E-state index contributed by atoms with van der Waals surface area (Å²) in [7, 11) is 0. The van der Waals surface area contributed by atoms with E-state index in [1.165, 1.54) is 17.7 Å². The molecule has 162 valence electrons. The molecule has 30 heavy (non-hydrogen) atoms. The van der Waals surface area contributed by atoms with Crippen LogP contribution in [0.4, 0.5) is 0 Å². The van der Waals surface area contributed by atoms with Gasteiger partial charge in [-0.15, -0.1) is 11.3 Å². The number of rotatable bonds is 7. The number of fused-ring (bicyclic) bond motifs is 3. The number of carbonyl (C=O) groups is 1. The summed E-state index contributed by atoms with van der Waals surface area (Å²) in [6.07, 6.45) is 7.34. The molecule has 0 radical (unpaired) electrons. The second kappa shape index (κ2) is 8.92. The molecule has 0 saturated heterocycles. The molecule has 1 aliphatic rings. The molecule has 1 aliphatic carbocycles. The number of nitrogens with one attached hydrogen (secondary N) is 1. The second-order valence-corrected chi connectivity index (χ2v) is 9.78. The third-order valence-electron chi connectivity index (χ3n) is 6.31. The monoisotopic (exact) mass is 428 g/mol. The van der Waals surface area contributed by atoms with Crippen molar-refractivity contribution in [3.8, 4) is 0 Å². The molecular weight excluding hydrogens is 396 g/mol. The first-order valence-corrected chi connectivity index (χ1v) is 12.1. The maximum absolute atomic E-state index is 13.0. The lowest BCUT2D eigenvalue weighted by Crippen LogP contribution is -2.37. The summed E-state index contributed by atoms with van der Waals surface area (Å²) in [5, 5.41) is 7.81. The molecule has 1 fully saturated rings. The smallest absolute Gasteiger partial charge is 0.291 e. The van der Waals surface area contributed by atoms with Gasteiger partial charge in [-0.2, -0.15) is 5.10 Å². The van der Waals surface area contributed by atoms with Crippen LogP contribution in [0.1, 0.15) is 70.0 Å². The molecule has 3 aromatic rings. The van der Waals surface area contributed by atoms with Crippen molar-refractivity contribution < 1.29 is 4.79 Å². The van der Waals surface area contributed by atoms with Crippen LogP contribution in [-0.4, -0.2) is 26.1 Å². The van der Waals surface area contributed by atoms with E-state index in [9.17, 15) is 9.59 Å². The highest BCUT2D eigenvalue weighted by atomic mass is 32.1. The summed E-state index contributed by atoms with van der Waals surface area (Å²) in [6, 6.07) is 4.49. The molecule has 1 amide bonds. The SMILES string of the molecule is CCc1cc2c(cc3c(=O)n(CCCC(=O)NC4CCC(C)CC4)nc(CC)n32)s1. The Kier molecular flexibility index (Phi) is 6.27. The topological polar surface area (TPSA) is 68.4 Å². The Morgan fingerprint density at radius 3 is 2.63 bits per heavy atom. The van der Waals surface area contributed by atoms with Crippen molar-refractivity contribution in [1.82, 2.24) is 19.5 Å². The number of nitrogens with zero attached hydrogens (tertiary/aromatic N) is 3. The van der Waals surface area contributed by atoms with Gasteiger partial charge in [0.15, 0.2) is 0 Å². The fourth-order valence-electron chi connectivity index (χ4n) is 4.49. The van der Waals surface area contributed by atoms with Gasteiger partial charge in [0.2, 0.25) is 5.91 Å². The fraction of sp³-hybridized carbons (Fsp3) is 0.609. The molecule has 6 nitrogen and oxygen atoms in total. The predicted octanol–water partition coefficient (Wildman–Crippen LogP) is 4.31. The van der Waals surface area contributed by atoms with E-state index in [1.807, 2.05) is 10.5 Å². The number of amides is 1. The van der Waals surface area contributed by atoms with Gasteiger partial charge < -0.3 is 5.32 Å². The molecule has 0 spiro atoms. The quantitative estimate of drug-likeness (QED) is 0.610. The summed E-state index contributed by atoms with van der Waals surface area (Å²) in [5.41, 5.74) is 1.70. The molecule has 1 N–H and O–H groups in total. The fourth-order valence-corrected chi connectivity index (χ4v) is 5.51. The summed E-state index contributed by atoms with van der Waals surface area (Å²) in [4.78, 5) is 26.7. The molecule has 0 bridgehead atoms. The highest BCUT2D eigenvalue weighted by Gasteiger charge is 2.20.